The van der Waals surface area contributed by atoms with Crippen molar-refractivity contribution in [1.29, 1.82) is 0 Å². The van der Waals surface area contributed by atoms with E-state index in [9.17, 15) is 4.79 Å². The van der Waals surface area contributed by atoms with E-state index in [0.29, 0.717) is 12.5 Å². The van der Waals surface area contributed by atoms with Gasteiger partial charge < -0.3 is 20.3 Å². The Morgan fingerprint density at radius 3 is 2.64 bits per heavy atom. The molecule has 2 N–H and O–H groups in total. The molecule has 1 aromatic carbocycles. The molecule has 140 valence electrons. The summed E-state index contributed by atoms with van der Waals surface area (Å²) < 4.78 is 5.35. The topological polar surface area (TPSA) is 66.0 Å². The number of aryl methyl sites for hydroxylation is 1. The highest BCUT2D eigenvalue weighted by molar-refractivity contribution is 14.0. The van der Waals surface area contributed by atoms with Gasteiger partial charge in [0.25, 0.3) is 0 Å². The zero-order valence-electron chi connectivity index (χ0n) is 15.3. The van der Waals surface area contributed by atoms with Gasteiger partial charge in [-0.2, -0.15) is 0 Å². The molecule has 1 aliphatic rings. The minimum absolute atomic E-state index is 0. The van der Waals surface area contributed by atoms with E-state index in [1.807, 2.05) is 36.9 Å². The maximum absolute atomic E-state index is 12.1. The summed E-state index contributed by atoms with van der Waals surface area (Å²) in [6.07, 6.45) is 2.21. The molecule has 6 nitrogen and oxygen atoms in total. The first-order valence-electron chi connectivity index (χ1n) is 8.57. The van der Waals surface area contributed by atoms with E-state index in [1.54, 1.807) is 7.11 Å². The number of carbonyl (C=O) groups is 1. The molecule has 2 rings (SSSR count). The van der Waals surface area contributed by atoms with Crippen molar-refractivity contribution in [3.63, 3.8) is 0 Å². The lowest BCUT2D eigenvalue weighted by Gasteiger charge is -2.17. The molecule has 0 radical (unpaired) electrons. The molecular weight excluding hydrogens is 431 g/mol. The number of benzene rings is 1. The Morgan fingerprint density at radius 2 is 2.00 bits per heavy atom. The fraction of sp³-hybridized carbons (Fsp3) is 0.556. The molecular formula is C18H29IN4O2. The number of ether oxygens (including phenoxy) is 1. The highest BCUT2D eigenvalue weighted by Gasteiger charge is 2.17. The fourth-order valence-corrected chi connectivity index (χ4v) is 2.71. The first kappa shape index (κ1) is 21.5. The summed E-state index contributed by atoms with van der Waals surface area (Å²) in [4.78, 5) is 18.6. The number of carbonyl (C=O) groups excluding carboxylic acids is 1. The van der Waals surface area contributed by atoms with Crippen LogP contribution in [-0.2, 0) is 11.3 Å². The van der Waals surface area contributed by atoms with Crippen LogP contribution in [-0.4, -0.2) is 50.1 Å². The number of guanidine groups is 1. The largest absolute Gasteiger partial charge is 0.496 e. The fourth-order valence-electron chi connectivity index (χ4n) is 2.71. The average molecular weight is 460 g/mol. The molecule has 0 unspecified atom stereocenters. The van der Waals surface area contributed by atoms with Gasteiger partial charge in [-0.05, 0) is 43.9 Å². The van der Waals surface area contributed by atoms with Gasteiger partial charge in [-0.15, -0.1) is 24.0 Å². The van der Waals surface area contributed by atoms with E-state index in [2.05, 4.69) is 15.6 Å². The summed E-state index contributed by atoms with van der Waals surface area (Å²) >= 11 is 0. The predicted octanol–water partition coefficient (Wildman–Crippen LogP) is 2.30. The third-order valence-corrected chi connectivity index (χ3v) is 4.10. The first-order chi connectivity index (χ1) is 11.6. The normalized spacial score (nSPS) is 14.0. The number of rotatable bonds is 6. The number of methoxy groups -OCH3 is 1. The van der Waals surface area contributed by atoms with Gasteiger partial charge in [0.05, 0.1) is 20.2 Å². The highest BCUT2D eigenvalue weighted by atomic mass is 127. The molecule has 1 aliphatic heterocycles. The molecule has 0 saturated carbocycles. The number of aliphatic imine (C=N–C) groups is 1. The minimum atomic E-state index is 0. The van der Waals surface area contributed by atoms with Crippen molar-refractivity contribution < 1.29 is 9.53 Å². The number of nitrogens with zero attached hydrogens (tertiary/aromatic N) is 2. The minimum Gasteiger partial charge on any atom is -0.496 e. The molecule has 1 aromatic rings. The molecule has 1 heterocycles. The van der Waals surface area contributed by atoms with Crippen LogP contribution in [0.1, 0.15) is 30.9 Å². The standard InChI is InChI=1S/C18H28N4O2.HI/c1-4-19-18(21-13-17(23)22-9-5-6-10-22)20-12-15-8-7-14(2)16(11-15)24-3;/h7-8,11H,4-6,9-10,12-13H2,1-3H3,(H2,19,20,21);1H. The van der Waals surface area contributed by atoms with Crippen LogP contribution in [0.15, 0.2) is 23.2 Å². The van der Waals surface area contributed by atoms with Crippen molar-refractivity contribution in [3.05, 3.63) is 29.3 Å². The third kappa shape index (κ3) is 6.72. The van der Waals surface area contributed by atoms with Crippen molar-refractivity contribution >= 4 is 35.8 Å². The Labute approximate surface area is 167 Å². The van der Waals surface area contributed by atoms with Gasteiger partial charge in [0, 0.05) is 19.6 Å². The monoisotopic (exact) mass is 460 g/mol. The van der Waals surface area contributed by atoms with Crippen LogP contribution in [0.3, 0.4) is 0 Å². The van der Waals surface area contributed by atoms with E-state index in [4.69, 9.17) is 4.74 Å². The van der Waals surface area contributed by atoms with Gasteiger partial charge in [0.1, 0.15) is 5.75 Å². The lowest BCUT2D eigenvalue weighted by molar-refractivity contribution is -0.128. The summed E-state index contributed by atoms with van der Waals surface area (Å²) in [7, 11) is 1.67. The SMILES string of the molecule is CCNC(=NCc1ccc(C)c(OC)c1)NCC(=O)N1CCCC1.I. The van der Waals surface area contributed by atoms with Crippen LogP contribution in [0.2, 0.25) is 0 Å². The maximum Gasteiger partial charge on any atom is 0.241 e. The van der Waals surface area contributed by atoms with Gasteiger partial charge in [0.15, 0.2) is 5.96 Å². The van der Waals surface area contributed by atoms with Crippen LogP contribution in [0.5, 0.6) is 5.75 Å². The molecule has 0 spiro atoms. The summed E-state index contributed by atoms with van der Waals surface area (Å²) in [5.41, 5.74) is 2.17. The maximum atomic E-state index is 12.1. The number of nitrogens with one attached hydrogen (secondary N) is 2. The third-order valence-electron chi connectivity index (χ3n) is 4.10. The van der Waals surface area contributed by atoms with Gasteiger partial charge in [-0.1, -0.05) is 12.1 Å². The average Bonchev–Trinajstić information content (AvgIpc) is 3.13. The van der Waals surface area contributed by atoms with Gasteiger partial charge >= 0.3 is 0 Å². The number of amides is 1. The van der Waals surface area contributed by atoms with Gasteiger partial charge in [-0.25, -0.2) is 4.99 Å². The van der Waals surface area contributed by atoms with Crippen molar-refractivity contribution in [3.8, 4) is 5.75 Å². The Balaban J connectivity index is 0.00000312. The van der Waals surface area contributed by atoms with E-state index in [-0.39, 0.29) is 36.4 Å². The number of halogens is 1. The number of hydrogen-bond donors (Lipinski definition) is 2. The number of hydrogen-bond acceptors (Lipinski definition) is 3. The van der Waals surface area contributed by atoms with Crippen LogP contribution in [0.4, 0.5) is 0 Å². The van der Waals surface area contributed by atoms with E-state index in [1.165, 1.54) is 0 Å². The molecule has 1 saturated heterocycles. The number of likely N-dealkylation sites (tertiary alicyclic amines) is 1. The van der Waals surface area contributed by atoms with Gasteiger partial charge in [-0.3, -0.25) is 4.79 Å². The van der Waals surface area contributed by atoms with Crippen LogP contribution in [0, 0.1) is 6.92 Å². The van der Waals surface area contributed by atoms with Crippen molar-refractivity contribution in [2.24, 2.45) is 4.99 Å². The highest BCUT2D eigenvalue weighted by Crippen LogP contribution is 2.19. The zero-order valence-corrected chi connectivity index (χ0v) is 17.6. The quantitative estimate of drug-likeness (QED) is 0.389. The molecule has 0 atom stereocenters. The summed E-state index contributed by atoms with van der Waals surface area (Å²) in [5, 5.41) is 6.30. The molecule has 0 aromatic heterocycles. The smallest absolute Gasteiger partial charge is 0.241 e. The summed E-state index contributed by atoms with van der Waals surface area (Å²) in [6.45, 7) is 7.33. The molecule has 0 aliphatic carbocycles. The lowest BCUT2D eigenvalue weighted by Crippen LogP contribution is -2.44. The van der Waals surface area contributed by atoms with Crippen molar-refractivity contribution in [2.45, 2.75) is 33.2 Å². The van der Waals surface area contributed by atoms with E-state index >= 15 is 0 Å². The second-order valence-electron chi connectivity index (χ2n) is 5.94. The second kappa shape index (κ2) is 11.2. The predicted molar refractivity (Wildman–Crippen MR) is 112 cm³/mol. The Kier molecular flexibility index (Phi) is 9.62. The van der Waals surface area contributed by atoms with Gasteiger partial charge in [0.2, 0.25) is 5.91 Å². The van der Waals surface area contributed by atoms with E-state index < -0.39 is 0 Å². The summed E-state index contributed by atoms with van der Waals surface area (Å²) in [5.74, 6) is 1.66. The molecule has 0 bridgehead atoms. The second-order valence-corrected chi connectivity index (χ2v) is 5.94. The van der Waals surface area contributed by atoms with Crippen LogP contribution in [0.25, 0.3) is 0 Å². The van der Waals surface area contributed by atoms with E-state index in [0.717, 1.165) is 49.4 Å². The zero-order chi connectivity index (χ0) is 17.4. The molecule has 25 heavy (non-hydrogen) atoms. The molecule has 7 heteroatoms. The molecule has 1 fully saturated rings. The Hall–Kier alpha value is -1.51. The Morgan fingerprint density at radius 1 is 1.28 bits per heavy atom. The van der Waals surface area contributed by atoms with Crippen molar-refractivity contribution in [1.82, 2.24) is 15.5 Å². The lowest BCUT2D eigenvalue weighted by atomic mass is 10.1. The van der Waals surface area contributed by atoms with Crippen LogP contribution >= 0.6 is 24.0 Å². The molecule has 1 amide bonds. The Bertz CT molecular complexity index is 586. The van der Waals surface area contributed by atoms with Crippen LogP contribution < -0.4 is 15.4 Å². The van der Waals surface area contributed by atoms with Crippen molar-refractivity contribution in [2.75, 3.05) is 33.3 Å². The first-order valence-corrected chi connectivity index (χ1v) is 8.57. The summed E-state index contributed by atoms with van der Waals surface area (Å²) in [6, 6.07) is 6.07.